The molecular formula is C14H11Br2IO. The molecule has 0 amide bonds. The first kappa shape index (κ1) is 14.5. The maximum atomic E-state index is 10.2. The summed E-state index contributed by atoms with van der Waals surface area (Å²) < 4.78 is 3.16. The SMILES string of the molecule is OC(Cc1ccc(I)cc1)c1ccc(Br)c(Br)c1. The van der Waals surface area contributed by atoms with Crippen molar-refractivity contribution in [3.63, 3.8) is 0 Å². The molecule has 0 aliphatic heterocycles. The van der Waals surface area contributed by atoms with E-state index in [1.165, 1.54) is 3.57 Å². The molecule has 0 bridgehead atoms. The Morgan fingerprint density at radius 2 is 1.67 bits per heavy atom. The van der Waals surface area contributed by atoms with E-state index in [2.05, 4.69) is 78.7 Å². The van der Waals surface area contributed by atoms with Crippen LogP contribution in [0.15, 0.2) is 51.4 Å². The molecule has 2 aromatic rings. The van der Waals surface area contributed by atoms with Gasteiger partial charge in [0.2, 0.25) is 0 Å². The van der Waals surface area contributed by atoms with Gasteiger partial charge in [0.05, 0.1) is 6.10 Å². The van der Waals surface area contributed by atoms with Gasteiger partial charge in [-0.3, -0.25) is 0 Å². The van der Waals surface area contributed by atoms with Crippen LogP contribution in [-0.4, -0.2) is 5.11 Å². The minimum Gasteiger partial charge on any atom is -0.388 e. The Kier molecular flexibility index (Phi) is 5.24. The molecule has 1 atom stereocenters. The molecule has 2 aromatic carbocycles. The molecule has 94 valence electrons. The fourth-order valence-corrected chi connectivity index (χ4v) is 2.68. The van der Waals surface area contributed by atoms with E-state index >= 15 is 0 Å². The van der Waals surface area contributed by atoms with Crippen LogP contribution >= 0.6 is 54.5 Å². The average molecular weight is 482 g/mol. The molecule has 4 heteroatoms. The molecule has 0 saturated carbocycles. The number of hydrogen-bond donors (Lipinski definition) is 1. The van der Waals surface area contributed by atoms with E-state index in [0.717, 1.165) is 20.1 Å². The molecule has 1 nitrogen and oxygen atoms in total. The molecule has 0 saturated heterocycles. The first-order valence-electron chi connectivity index (χ1n) is 5.44. The third-order valence-electron chi connectivity index (χ3n) is 2.67. The fourth-order valence-electron chi connectivity index (χ4n) is 1.68. The van der Waals surface area contributed by atoms with Gasteiger partial charge in [0.1, 0.15) is 0 Å². The van der Waals surface area contributed by atoms with Crippen LogP contribution in [0, 0.1) is 3.57 Å². The third-order valence-corrected chi connectivity index (χ3v) is 5.27. The zero-order valence-corrected chi connectivity index (χ0v) is 14.7. The maximum absolute atomic E-state index is 10.2. The monoisotopic (exact) mass is 480 g/mol. The van der Waals surface area contributed by atoms with Crippen LogP contribution in [0.1, 0.15) is 17.2 Å². The van der Waals surface area contributed by atoms with E-state index < -0.39 is 6.10 Å². The second-order valence-electron chi connectivity index (χ2n) is 4.02. The summed E-state index contributed by atoms with van der Waals surface area (Å²) in [6, 6.07) is 14.0. The summed E-state index contributed by atoms with van der Waals surface area (Å²) in [4.78, 5) is 0. The lowest BCUT2D eigenvalue weighted by Gasteiger charge is -2.12. The molecule has 0 aliphatic carbocycles. The predicted molar refractivity (Wildman–Crippen MR) is 89.7 cm³/mol. The largest absolute Gasteiger partial charge is 0.388 e. The molecule has 0 aromatic heterocycles. The number of rotatable bonds is 3. The van der Waals surface area contributed by atoms with E-state index in [9.17, 15) is 5.11 Å². The number of hydrogen-bond acceptors (Lipinski definition) is 1. The van der Waals surface area contributed by atoms with Crippen LogP contribution in [0.3, 0.4) is 0 Å². The molecule has 0 heterocycles. The van der Waals surface area contributed by atoms with Gasteiger partial charge in [-0.2, -0.15) is 0 Å². The van der Waals surface area contributed by atoms with Crippen molar-refractivity contribution in [3.05, 3.63) is 66.1 Å². The van der Waals surface area contributed by atoms with Gasteiger partial charge in [-0.15, -0.1) is 0 Å². The fraction of sp³-hybridized carbons (Fsp3) is 0.143. The van der Waals surface area contributed by atoms with E-state index in [4.69, 9.17) is 0 Å². The quantitative estimate of drug-likeness (QED) is 0.605. The van der Waals surface area contributed by atoms with Crippen molar-refractivity contribution in [1.82, 2.24) is 0 Å². The van der Waals surface area contributed by atoms with Gasteiger partial charge < -0.3 is 5.11 Å². The average Bonchev–Trinajstić information content (AvgIpc) is 2.35. The topological polar surface area (TPSA) is 20.2 Å². The van der Waals surface area contributed by atoms with Gasteiger partial charge in [0.15, 0.2) is 0 Å². The summed E-state index contributed by atoms with van der Waals surface area (Å²) in [5, 5.41) is 10.2. The van der Waals surface area contributed by atoms with E-state index in [-0.39, 0.29) is 0 Å². The van der Waals surface area contributed by atoms with Crippen molar-refractivity contribution >= 4 is 54.5 Å². The molecule has 2 rings (SSSR count). The van der Waals surface area contributed by atoms with Crippen LogP contribution in [-0.2, 0) is 6.42 Å². The minimum atomic E-state index is -0.477. The minimum absolute atomic E-state index is 0.477. The highest BCUT2D eigenvalue weighted by Gasteiger charge is 2.10. The summed E-state index contributed by atoms with van der Waals surface area (Å²) in [5.74, 6) is 0. The highest BCUT2D eigenvalue weighted by Crippen LogP contribution is 2.27. The molecule has 1 N–H and O–H groups in total. The summed E-state index contributed by atoms with van der Waals surface area (Å²) in [6.07, 6.45) is 0.153. The number of benzene rings is 2. The second-order valence-corrected chi connectivity index (χ2v) is 6.97. The Bertz CT molecular complexity index is 540. The maximum Gasteiger partial charge on any atom is 0.0830 e. The molecular weight excluding hydrogens is 471 g/mol. The van der Waals surface area contributed by atoms with Crippen molar-refractivity contribution in [2.75, 3.05) is 0 Å². The Balaban J connectivity index is 2.13. The Morgan fingerprint density at radius 3 is 2.28 bits per heavy atom. The zero-order valence-electron chi connectivity index (χ0n) is 9.41. The van der Waals surface area contributed by atoms with Gasteiger partial charge >= 0.3 is 0 Å². The van der Waals surface area contributed by atoms with E-state index in [1.54, 1.807) is 0 Å². The number of aliphatic hydroxyl groups excluding tert-OH is 1. The van der Waals surface area contributed by atoms with Crippen LogP contribution < -0.4 is 0 Å². The van der Waals surface area contributed by atoms with Crippen molar-refractivity contribution in [1.29, 1.82) is 0 Å². The standard InChI is InChI=1S/C14H11Br2IO/c15-12-6-3-10(8-13(12)16)14(18)7-9-1-4-11(17)5-2-9/h1-6,8,14,18H,7H2. The number of aliphatic hydroxyl groups is 1. The van der Waals surface area contributed by atoms with Gasteiger partial charge in [-0.1, -0.05) is 18.2 Å². The van der Waals surface area contributed by atoms with Crippen LogP contribution in [0.5, 0.6) is 0 Å². The van der Waals surface area contributed by atoms with Crippen LogP contribution in [0.4, 0.5) is 0 Å². The molecule has 0 spiro atoms. The third kappa shape index (κ3) is 3.79. The second kappa shape index (κ2) is 6.50. The van der Waals surface area contributed by atoms with E-state index in [0.29, 0.717) is 6.42 Å². The molecule has 0 fully saturated rings. The van der Waals surface area contributed by atoms with Gasteiger partial charge in [0, 0.05) is 18.9 Å². The Morgan fingerprint density at radius 1 is 1.00 bits per heavy atom. The van der Waals surface area contributed by atoms with Gasteiger partial charge in [-0.05, 0) is 89.8 Å². The lowest BCUT2D eigenvalue weighted by Crippen LogP contribution is -2.01. The van der Waals surface area contributed by atoms with Crippen molar-refractivity contribution in [2.45, 2.75) is 12.5 Å². The lowest BCUT2D eigenvalue weighted by molar-refractivity contribution is 0.178. The molecule has 1 unspecified atom stereocenters. The predicted octanol–water partition coefficient (Wildman–Crippen LogP) is 5.09. The van der Waals surface area contributed by atoms with E-state index in [1.807, 2.05) is 18.2 Å². The molecule has 0 radical (unpaired) electrons. The number of halogens is 3. The van der Waals surface area contributed by atoms with Gasteiger partial charge in [0.25, 0.3) is 0 Å². The summed E-state index contributed by atoms with van der Waals surface area (Å²) >= 11 is 9.15. The molecule has 0 aliphatic rings. The normalized spacial score (nSPS) is 12.4. The Hall–Kier alpha value is 0.0900. The smallest absolute Gasteiger partial charge is 0.0830 e. The molecule has 18 heavy (non-hydrogen) atoms. The lowest BCUT2D eigenvalue weighted by atomic mass is 10.0. The first-order valence-corrected chi connectivity index (χ1v) is 8.10. The van der Waals surface area contributed by atoms with Crippen LogP contribution in [0.25, 0.3) is 0 Å². The highest BCUT2D eigenvalue weighted by atomic mass is 127. The summed E-state index contributed by atoms with van der Waals surface area (Å²) in [5.41, 5.74) is 2.06. The summed E-state index contributed by atoms with van der Waals surface area (Å²) in [6.45, 7) is 0. The zero-order chi connectivity index (χ0) is 13.1. The van der Waals surface area contributed by atoms with Crippen molar-refractivity contribution in [3.8, 4) is 0 Å². The summed E-state index contributed by atoms with van der Waals surface area (Å²) in [7, 11) is 0. The highest BCUT2D eigenvalue weighted by molar-refractivity contribution is 14.1. The van der Waals surface area contributed by atoms with Crippen molar-refractivity contribution < 1.29 is 5.11 Å². The first-order chi connectivity index (χ1) is 8.56. The van der Waals surface area contributed by atoms with Gasteiger partial charge in [-0.25, -0.2) is 0 Å². The van der Waals surface area contributed by atoms with Crippen LogP contribution in [0.2, 0.25) is 0 Å². The Labute approximate surface area is 137 Å². The van der Waals surface area contributed by atoms with Crippen molar-refractivity contribution in [2.24, 2.45) is 0 Å².